The monoisotopic (exact) mass is 700 g/mol. The van der Waals surface area contributed by atoms with Crippen molar-refractivity contribution in [3.8, 4) is 0 Å². The van der Waals surface area contributed by atoms with Gasteiger partial charge in [-0.15, -0.1) is 0 Å². The molecular formula is C39H48N4O8. The molecule has 3 aromatic carbocycles. The number of fused-ring (bicyclic) bond motifs is 2. The molecule has 12 heteroatoms. The van der Waals surface area contributed by atoms with Crippen molar-refractivity contribution in [3.05, 3.63) is 82.9 Å². The second-order valence-corrected chi connectivity index (χ2v) is 15.3. The molecule has 0 spiro atoms. The van der Waals surface area contributed by atoms with Gasteiger partial charge in [-0.25, -0.2) is 14.4 Å². The zero-order chi connectivity index (χ0) is 37.2. The molecule has 1 saturated heterocycles. The molecule has 12 nitrogen and oxygen atoms in total. The number of benzene rings is 3. The van der Waals surface area contributed by atoms with Crippen LogP contribution in [0.1, 0.15) is 76.1 Å². The van der Waals surface area contributed by atoms with Crippen LogP contribution in [0, 0.1) is 0 Å². The minimum Gasteiger partial charge on any atom is -0.467 e. The fraction of sp³-hybridized carbons (Fsp3) is 0.462. The van der Waals surface area contributed by atoms with E-state index in [2.05, 4.69) is 5.32 Å². The van der Waals surface area contributed by atoms with E-state index in [1.54, 1.807) is 41.5 Å². The van der Waals surface area contributed by atoms with Gasteiger partial charge in [-0.05, 0) is 81.0 Å². The van der Waals surface area contributed by atoms with Gasteiger partial charge in [0.1, 0.15) is 29.3 Å². The van der Waals surface area contributed by atoms with E-state index in [1.807, 2.05) is 60.7 Å². The van der Waals surface area contributed by atoms with Gasteiger partial charge in [0, 0.05) is 25.3 Å². The van der Waals surface area contributed by atoms with Crippen LogP contribution in [0.2, 0.25) is 0 Å². The van der Waals surface area contributed by atoms with Crippen LogP contribution in [0.25, 0.3) is 10.8 Å². The topological polar surface area (TPSA) is 158 Å². The van der Waals surface area contributed by atoms with Gasteiger partial charge in [0.2, 0.25) is 11.8 Å². The van der Waals surface area contributed by atoms with Gasteiger partial charge in [-0.2, -0.15) is 0 Å². The van der Waals surface area contributed by atoms with E-state index >= 15 is 0 Å². The Bertz CT molecular complexity index is 1830. The summed E-state index contributed by atoms with van der Waals surface area (Å²) in [5, 5.41) is 4.92. The first kappa shape index (κ1) is 37.1. The number of methoxy groups -OCH3 is 1. The molecule has 0 unspecified atom stereocenters. The van der Waals surface area contributed by atoms with E-state index in [0.29, 0.717) is 0 Å². The molecule has 4 amide bonds. The highest BCUT2D eigenvalue weighted by atomic mass is 16.6. The third-order valence-corrected chi connectivity index (χ3v) is 9.08. The maximum Gasteiger partial charge on any atom is 0.411 e. The fourth-order valence-electron chi connectivity index (χ4n) is 6.68. The summed E-state index contributed by atoms with van der Waals surface area (Å²) in [5.41, 5.74) is 7.49. The van der Waals surface area contributed by atoms with E-state index in [1.165, 1.54) is 16.9 Å². The van der Waals surface area contributed by atoms with E-state index < -0.39 is 59.3 Å². The quantitative estimate of drug-likeness (QED) is 0.258. The Morgan fingerprint density at radius 3 is 2.10 bits per heavy atom. The number of nitrogens with zero attached hydrogens (tertiary/aromatic N) is 2. The molecule has 2 aliphatic rings. The number of carbonyl (C=O) groups excluding carboxylic acids is 5. The summed E-state index contributed by atoms with van der Waals surface area (Å²) in [6.07, 6.45) is -0.604. The summed E-state index contributed by atoms with van der Waals surface area (Å²) in [7, 11) is 1.27. The Morgan fingerprint density at radius 1 is 0.824 bits per heavy atom. The lowest BCUT2D eigenvalue weighted by Gasteiger charge is -2.36. The number of likely N-dealkylation sites (tertiary alicyclic amines) is 1. The molecule has 0 aliphatic carbocycles. The summed E-state index contributed by atoms with van der Waals surface area (Å²) >= 11 is 0. The highest BCUT2D eigenvalue weighted by Crippen LogP contribution is 2.36. The van der Waals surface area contributed by atoms with Crippen LogP contribution in [0.5, 0.6) is 0 Å². The fourth-order valence-corrected chi connectivity index (χ4v) is 6.68. The average Bonchev–Trinajstić information content (AvgIpc) is 3.51. The van der Waals surface area contributed by atoms with Crippen molar-refractivity contribution >= 4 is 40.7 Å². The van der Waals surface area contributed by atoms with Crippen molar-refractivity contribution in [2.75, 3.05) is 13.7 Å². The predicted octanol–water partition coefficient (Wildman–Crippen LogP) is 4.98. The highest BCUT2D eigenvalue weighted by molar-refractivity contribution is 5.91. The Balaban J connectivity index is 1.40. The molecular weight excluding hydrogens is 652 g/mol. The van der Waals surface area contributed by atoms with E-state index in [0.717, 1.165) is 33.0 Å². The van der Waals surface area contributed by atoms with Gasteiger partial charge in [-0.3, -0.25) is 19.4 Å². The van der Waals surface area contributed by atoms with Gasteiger partial charge in [0.05, 0.1) is 13.7 Å². The number of primary amides is 1. The third-order valence-electron chi connectivity index (χ3n) is 9.08. The van der Waals surface area contributed by atoms with Crippen molar-refractivity contribution in [1.82, 2.24) is 15.1 Å². The summed E-state index contributed by atoms with van der Waals surface area (Å²) in [6.45, 7) is 10.8. The normalized spacial score (nSPS) is 19.5. The Hall–Kier alpha value is -5.13. The SMILES string of the molecule is COC(=O)[C@H](Cc1ccc2ccccc2c1)NC(=O)[C@H]1C[C@H](c2ccc3c(c2)CN(C(=O)OC(C)(C)C)[C@@H](C(N)=O)C3)CN1C(=O)OC(C)(C)C. The maximum absolute atomic E-state index is 14.0. The van der Waals surface area contributed by atoms with Crippen molar-refractivity contribution in [3.63, 3.8) is 0 Å². The first-order valence-electron chi connectivity index (χ1n) is 17.2. The number of nitrogens with two attached hydrogens (primary N) is 1. The first-order chi connectivity index (χ1) is 23.9. The molecule has 0 radical (unpaired) electrons. The number of nitrogens with one attached hydrogen (secondary N) is 1. The largest absolute Gasteiger partial charge is 0.467 e. The van der Waals surface area contributed by atoms with Crippen LogP contribution in [0.15, 0.2) is 60.7 Å². The summed E-state index contributed by atoms with van der Waals surface area (Å²) in [5.74, 6) is -2.01. The van der Waals surface area contributed by atoms with Crippen molar-refractivity contribution < 1.29 is 38.2 Å². The van der Waals surface area contributed by atoms with Gasteiger partial charge in [0.25, 0.3) is 0 Å². The number of rotatable bonds is 7. The molecule has 4 atom stereocenters. The first-order valence-corrected chi connectivity index (χ1v) is 17.2. The van der Waals surface area contributed by atoms with Crippen molar-refractivity contribution in [2.24, 2.45) is 5.73 Å². The van der Waals surface area contributed by atoms with Crippen LogP contribution in [-0.2, 0) is 48.0 Å². The van der Waals surface area contributed by atoms with E-state index in [-0.39, 0.29) is 38.3 Å². The molecule has 272 valence electrons. The predicted molar refractivity (Wildman–Crippen MR) is 191 cm³/mol. The van der Waals surface area contributed by atoms with Crippen LogP contribution >= 0.6 is 0 Å². The summed E-state index contributed by atoms with van der Waals surface area (Å²) < 4.78 is 16.4. The minimum atomic E-state index is -0.996. The number of amides is 4. The molecule has 5 rings (SSSR count). The summed E-state index contributed by atoms with van der Waals surface area (Å²) in [4.78, 5) is 68.8. The third kappa shape index (κ3) is 8.97. The zero-order valence-corrected chi connectivity index (χ0v) is 30.4. The highest BCUT2D eigenvalue weighted by Gasteiger charge is 2.44. The molecule has 0 saturated carbocycles. The number of hydrogen-bond acceptors (Lipinski definition) is 8. The maximum atomic E-state index is 14.0. The van der Waals surface area contributed by atoms with Crippen molar-refractivity contribution in [1.29, 1.82) is 0 Å². The Labute approximate surface area is 298 Å². The molecule has 0 bridgehead atoms. The second-order valence-electron chi connectivity index (χ2n) is 15.3. The number of hydrogen-bond donors (Lipinski definition) is 2. The molecule has 51 heavy (non-hydrogen) atoms. The molecule has 3 N–H and O–H groups in total. The Morgan fingerprint density at radius 2 is 1.47 bits per heavy atom. The van der Waals surface area contributed by atoms with Crippen LogP contribution in [-0.4, -0.2) is 82.8 Å². The lowest BCUT2D eigenvalue weighted by molar-refractivity contribution is -0.145. The van der Waals surface area contributed by atoms with E-state index in [9.17, 15) is 24.0 Å². The van der Waals surface area contributed by atoms with Gasteiger partial charge < -0.3 is 25.3 Å². The standard InChI is InChI=1S/C39H48N4O8/c1-38(2,3)50-36(47)42-21-28-18-26(14-15-27(28)19-31(42)33(40)44)29-20-32(43(22-29)37(48)51-39(4,5)6)34(45)41-30(35(46)49-7)17-23-12-13-24-10-8-9-11-25(24)16-23/h8-16,18,29-32H,17,19-22H2,1-7H3,(H2,40,44)(H,41,45)/t29-,30-,31+,32+/m0/s1. The lowest BCUT2D eigenvalue weighted by Crippen LogP contribution is -2.52. The van der Waals surface area contributed by atoms with E-state index in [4.69, 9.17) is 19.9 Å². The lowest BCUT2D eigenvalue weighted by atomic mass is 9.88. The number of esters is 1. The van der Waals surface area contributed by atoms with Gasteiger partial charge in [0.15, 0.2) is 0 Å². The molecule has 2 heterocycles. The molecule has 1 fully saturated rings. The number of carbonyl (C=O) groups is 5. The van der Waals surface area contributed by atoms with Crippen molar-refractivity contribution in [2.45, 2.75) is 103 Å². The van der Waals surface area contributed by atoms with Gasteiger partial charge in [-0.1, -0.05) is 60.7 Å². The summed E-state index contributed by atoms with van der Waals surface area (Å²) in [6, 6.07) is 16.7. The Kier molecular flexibility index (Phi) is 10.6. The molecule has 0 aromatic heterocycles. The molecule has 2 aliphatic heterocycles. The second kappa shape index (κ2) is 14.6. The smallest absolute Gasteiger partial charge is 0.411 e. The number of ether oxygens (including phenoxy) is 3. The average molecular weight is 701 g/mol. The van der Waals surface area contributed by atoms with Crippen LogP contribution in [0.3, 0.4) is 0 Å². The van der Waals surface area contributed by atoms with Crippen LogP contribution in [0.4, 0.5) is 9.59 Å². The molecule has 3 aromatic rings. The zero-order valence-electron chi connectivity index (χ0n) is 30.4. The van der Waals surface area contributed by atoms with Gasteiger partial charge >= 0.3 is 18.2 Å². The van der Waals surface area contributed by atoms with Crippen LogP contribution < -0.4 is 11.1 Å². The minimum absolute atomic E-state index is 0.105.